The van der Waals surface area contributed by atoms with Gasteiger partial charge in [0.1, 0.15) is 5.60 Å². The summed E-state index contributed by atoms with van der Waals surface area (Å²) in [7, 11) is 0. The molecular formula is C11H19FO2. The SMILES string of the molecule is CCC(=CF)CCC(=O)OC(C)(C)C. The normalized spacial score (nSPS) is 12.8. The molecule has 2 nitrogen and oxygen atoms in total. The number of carbonyl (C=O) groups is 1. The summed E-state index contributed by atoms with van der Waals surface area (Å²) in [6.45, 7) is 7.31. The van der Waals surface area contributed by atoms with Gasteiger partial charge in [0, 0.05) is 6.42 Å². The van der Waals surface area contributed by atoms with Crippen molar-refractivity contribution in [1.82, 2.24) is 0 Å². The first-order valence-corrected chi connectivity index (χ1v) is 4.89. The standard InChI is InChI=1S/C11H19FO2/c1-5-9(8-12)6-7-10(13)14-11(2,3)4/h8H,5-7H2,1-4H3. The van der Waals surface area contributed by atoms with Crippen LogP contribution in [-0.4, -0.2) is 11.6 Å². The summed E-state index contributed by atoms with van der Waals surface area (Å²) >= 11 is 0. The van der Waals surface area contributed by atoms with Crippen LogP contribution >= 0.6 is 0 Å². The lowest BCUT2D eigenvalue weighted by molar-refractivity contribution is -0.154. The second-order valence-electron chi connectivity index (χ2n) is 4.21. The summed E-state index contributed by atoms with van der Waals surface area (Å²) in [4.78, 5) is 11.2. The number of hydrogen-bond donors (Lipinski definition) is 0. The van der Waals surface area contributed by atoms with E-state index in [0.29, 0.717) is 24.7 Å². The molecule has 0 atom stereocenters. The van der Waals surface area contributed by atoms with Gasteiger partial charge in [0.05, 0.1) is 6.33 Å². The Bertz CT molecular complexity index is 214. The van der Waals surface area contributed by atoms with Gasteiger partial charge in [0.15, 0.2) is 0 Å². The Morgan fingerprint density at radius 1 is 1.36 bits per heavy atom. The Morgan fingerprint density at radius 3 is 2.29 bits per heavy atom. The fourth-order valence-electron chi connectivity index (χ4n) is 0.964. The van der Waals surface area contributed by atoms with E-state index in [2.05, 4.69) is 0 Å². The lowest BCUT2D eigenvalue weighted by Gasteiger charge is -2.19. The molecule has 0 bridgehead atoms. The minimum Gasteiger partial charge on any atom is -0.460 e. The van der Waals surface area contributed by atoms with Gasteiger partial charge in [-0.15, -0.1) is 0 Å². The number of rotatable bonds is 4. The zero-order chi connectivity index (χ0) is 11.2. The topological polar surface area (TPSA) is 26.3 Å². The summed E-state index contributed by atoms with van der Waals surface area (Å²) in [5.41, 5.74) is 0.193. The number of carbonyl (C=O) groups excluding carboxylic acids is 1. The first-order chi connectivity index (χ1) is 6.39. The highest BCUT2D eigenvalue weighted by atomic mass is 19.1. The molecule has 3 heteroatoms. The molecule has 0 unspecified atom stereocenters. The minimum atomic E-state index is -0.455. The van der Waals surface area contributed by atoms with Crippen molar-refractivity contribution in [1.29, 1.82) is 0 Å². The zero-order valence-corrected chi connectivity index (χ0v) is 9.39. The molecule has 0 saturated carbocycles. The van der Waals surface area contributed by atoms with E-state index in [4.69, 9.17) is 4.74 Å². The van der Waals surface area contributed by atoms with Crippen LogP contribution < -0.4 is 0 Å². The molecule has 82 valence electrons. The quantitative estimate of drug-likeness (QED) is 0.653. The molecule has 0 spiro atoms. The van der Waals surface area contributed by atoms with Gasteiger partial charge >= 0.3 is 5.97 Å². The van der Waals surface area contributed by atoms with Crippen molar-refractivity contribution in [3.8, 4) is 0 Å². The van der Waals surface area contributed by atoms with Crippen molar-refractivity contribution in [2.75, 3.05) is 0 Å². The fraction of sp³-hybridized carbons (Fsp3) is 0.727. The molecule has 0 amide bonds. The van der Waals surface area contributed by atoms with E-state index in [1.807, 2.05) is 27.7 Å². The zero-order valence-electron chi connectivity index (χ0n) is 9.39. The van der Waals surface area contributed by atoms with Crippen LogP contribution in [-0.2, 0) is 9.53 Å². The number of allylic oxidation sites excluding steroid dienone is 1. The van der Waals surface area contributed by atoms with Gasteiger partial charge in [0.2, 0.25) is 0 Å². The van der Waals surface area contributed by atoms with Crippen LogP contribution in [0.25, 0.3) is 0 Å². The Labute approximate surface area is 85.1 Å². The molecule has 0 radical (unpaired) electrons. The first-order valence-electron chi connectivity index (χ1n) is 4.89. The van der Waals surface area contributed by atoms with Crippen LogP contribution in [0.5, 0.6) is 0 Å². The molecule has 0 N–H and O–H groups in total. The predicted molar refractivity (Wildman–Crippen MR) is 54.6 cm³/mol. The second kappa shape index (κ2) is 5.78. The number of hydrogen-bond acceptors (Lipinski definition) is 2. The lowest BCUT2D eigenvalue weighted by atomic mass is 10.1. The molecule has 0 aromatic rings. The molecule has 14 heavy (non-hydrogen) atoms. The summed E-state index contributed by atoms with van der Waals surface area (Å²) in [5.74, 6) is -0.273. The average molecular weight is 202 g/mol. The Hall–Kier alpha value is -0.860. The smallest absolute Gasteiger partial charge is 0.306 e. The highest BCUT2D eigenvalue weighted by molar-refractivity contribution is 5.70. The van der Waals surface area contributed by atoms with E-state index in [-0.39, 0.29) is 12.4 Å². The number of ether oxygens (including phenoxy) is 1. The molecule has 0 aromatic heterocycles. The highest BCUT2D eigenvalue weighted by Gasteiger charge is 2.15. The van der Waals surface area contributed by atoms with E-state index >= 15 is 0 Å². The maximum absolute atomic E-state index is 12.1. The van der Waals surface area contributed by atoms with Crippen LogP contribution in [0, 0.1) is 0 Å². The van der Waals surface area contributed by atoms with Gasteiger partial charge in [-0.1, -0.05) is 6.92 Å². The maximum Gasteiger partial charge on any atom is 0.306 e. The van der Waals surface area contributed by atoms with Crippen LogP contribution in [0.4, 0.5) is 4.39 Å². The summed E-state index contributed by atoms with van der Waals surface area (Å²) in [6, 6.07) is 0. The van der Waals surface area contributed by atoms with Crippen molar-refractivity contribution < 1.29 is 13.9 Å². The van der Waals surface area contributed by atoms with Gasteiger partial charge in [-0.05, 0) is 39.2 Å². The van der Waals surface area contributed by atoms with Crippen molar-refractivity contribution in [2.24, 2.45) is 0 Å². The molecule has 0 heterocycles. The van der Waals surface area contributed by atoms with Crippen LogP contribution in [0.3, 0.4) is 0 Å². The van der Waals surface area contributed by atoms with Crippen molar-refractivity contribution >= 4 is 5.97 Å². The molecule has 0 aliphatic carbocycles. The maximum atomic E-state index is 12.1. The van der Waals surface area contributed by atoms with Gasteiger partial charge in [-0.2, -0.15) is 0 Å². The largest absolute Gasteiger partial charge is 0.460 e. The Morgan fingerprint density at radius 2 is 1.93 bits per heavy atom. The first kappa shape index (κ1) is 13.1. The molecule has 0 aliphatic heterocycles. The third kappa shape index (κ3) is 6.63. The summed E-state index contributed by atoms with van der Waals surface area (Å²) < 4.78 is 17.2. The average Bonchev–Trinajstić information content (AvgIpc) is 2.03. The highest BCUT2D eigenvalue weighted by Crippen LogP contribution is 2.13. The molecule has 0 saturated heterocycles. The fourth-order valence-corrected chi connectivity index (χ4v) is 0.964. The van der Waals surface area contributed by atoms with Crippen molar-refractivity contribution in [3.05, 3.63) is 11.9 Å². The monoisotopic (exact) mass is 202 g/mol. The van der Waals surface area contributed by atoms with Gasteiger partial charge in [0.25, 0.3) is 0 Å². The van der Waals surface area contributed by atoms with Crippen molar-refractivity contribution in [2.45, 2.75) is 52.6 Å². The van der Waals surface area contributed by atoms with Gasteiger partial charge in [-0.3, -0.25) is 4.79 Å². The number of halogens is 1. The second-order valence-corrected chi connectivity index (χ2v) is 4.21. The summed E-state index contributed by atoms with van der Waals surface area (Å²) in [5, 5.41) is 0. The lowest BCUT2D eigenvalue weighted by Crippen LogP contribution is -2.23. The van der Waals surface area contributed by atoms with Gasteiger partial charge < -0.3 is 4.74 Å². The van der Waals surface area contributed by atoms with Crippen LogP contribution in [0.2, 0.25) is 0 Å². The van der Waals surface area contributed by atoms with E-state index in [0.717, 1.165) is 0 Å². The molecule has 0 aromatic carbocycles. The van der Waals surface area contributed by atoms with E-state index < -0.39 is 5.60 Å². The number of esters is 1. The van der Waals surface area contributed by atoms with E-state index in [1.54, 1.807) is 0 Å². The third-order valence-electron chi connectivity index (χ3n) is 1.68. The molecule has 0 aliphatic rings. The molecule has 0 fully saturated rings. The molecular weight excluding hydrogens is 183 g/mol. The van der Waals surface area contributed by atoms with Crippen molar-refractivity contribution in [3.63, 3.8) is 0 Å². The third-order valence-corrected chi connectivity index (χ3v) is 1.68. The van der Waals surface area contributed by atoms with E-state index in [9.17, 15) is 9.18 Å². The molecule has 0 rings (SSSR count). The summed E-state index contributed by atoms with van der Waals surface area (Å²) in [6.07, 6.45) is 1.91. The van der Waals surface area contributed by atoms with Gasteiger partial charge in [-0.25, -0.2) is 4.39 Å². The van der Waals surface area contributed by atoms with Crippen LogP contribution in [0.1, 0.15) is 47.0 Å². The van der Waals surface area contributed by atoms with E-state index in [1.165, 1.54) is 0 Å². The predicted octanol–water partition coefficient (Wildman–Crippen LogP) is 3.37. The Kier molecular flexibility index (Phi) is 5.43. The minimum absolute atomic E-state index is 0.251. The Balaban J connectivity index is 3.86. The van der Waals surface area contributed by atoms with Crippen LogP contribution in [0.15, 0.2) is 11.9 Å².